The van der Waals surface area contributed by atoms with Crippen LogP contribution in [0.15, 0.2) is 28.8 Å². The molecule has 1 unspecified atom stereocenters. The van der Waals surface area contributed by atoms with Crippen LogP contribution < -0.4 is 5.32 Å². The zero-order valence-electron chi connectivity index (χ0n) is 11.4. The zero-order valence-corrected chi connectivity index (χ0v) is 11.4. The fourth-order valence-corrected chi connectivity index (χ4v) is 2.10. The van der Waals surface area contributed by atoms with Crippen molar-refractivity contribution >= 4 is 0 Å². The van der Waals surface area contributed by atoms with Gasteiger partial charge in [0, 0.05) is 18.7 Å². The van der Waals surface area contributed by atoms with E-state index in [0.717, 1.165) is 18.0 Å². The predicted molar refractivity (Wildman–Crippen MR) is 72.4 cm³/mol. The summed E-state index contributed by atoms with van der Waals surface area (Å²) in [6, 6.07) is 8.82. The molecule has 1 heterocycles. The summed E-state index contributed by atoms with van der Waals surface area (Å²) in [5.41, 5.74) is 4.90. The van der Waals surface area contributed by atoms with Crippen LogP contribution in [0.3, 0.4) is 0 Å². The third kappa shape index (κ3) is 2.99. The number of aromatic nitrogens is 1. The lowest BCUT2D eigenvalue weighted by atomic mass is 10.00. The molecule has 0 amide bonds. The van der Waals surface area contributed by atoms with Crippen molar-refractivity contribution in [2.75, 3.05) is 0 Å². The molecule has 0 fully saturated rings. The first-order valence-corrected chi connectivity index (χ1v) is 6.29. The third-order valence-corrected chi connectivity index (χ3v) is 3.17. The number of benzene rings is 1. The number of hydrogen-bond acceptors (Lipinski definition) is 3. The smallest absolute Gasteiger partial charge is 0.133 e. The molecule has 0 radical (unpaired) electrons. The lowest BCUT2D eigenvalue weighted by Crippen LogP contribution is -2.19. The molecular weight excluding hydrogens is 224 g/mol. The maximum Gasteiger partial charge on any atom is 0.133 e. The normalized spacial score (nSPS) is 12.7. The average molecular weight is 244 g/mol. The Kier molecular flexibility index (Phi) is 3.82. The number of nitrogens with one attached hydrogen (secondary N) is 1. The van der Waals surface area contributed by atoms with Crippen LogP contribution in [0.1, 0.15) is 41.1 Å². The molecule has 2 aromatic rings. The van der Waals surface area contributed by atoms with Gasteiger partial charge in [0.05, 0.1) is 5.69 Å². The lowest BCUT2D eigenvalue weighted by Gasteiger charge is -2.16. The molecule has 0 saturated carbocycles. The number of aryl methyl sites for hydroxylation is 3. The Morgan fingerprint density at radius 2 is 2.00 bits per heavy atom. The van der Waals surface area contributed by atoms with Gasteiger partial charge in [-0.3, -0.25) is 0 Å². The fourth-order valence-electron chi connectivity index (χ4n) is 2.10. The van der Waals surface area contributed by atoms with Crippen molar-refractivity contribution in [3.8, 4) is 0 Å². The van der Waals surface area contributed by atoms with E-state index in [9.17, 15) is 0 Å². The molecule has 2 rings (SSSR count). The van der Waals surface area contributed by atoms with Gasteiger partial charge in [-0.2, -0.15) is 0 Å². The minimum absolute atomic E-state index is 0.307. The molecule has 3 heteroatoms. The SMILES string of the molecule is Cc1ccc(C)c(C(C)NCc2cc(C)on2)c1. The second kappa shape index (κ2) is 5.36. The molecule has 3 nitrogen and oxygen atoms in total. The Hall–Kier alpha value is -1.61. The Balaban J connectivity index is 2.03. The highest BCUT2D eigenvalue weighted by atomic mass is 16.5. The molecule has 18 heavy (non-hydrogen) atoms. The molecule has 0 bridgehead atoms. The first kappa shape index (κ1) is 12.8. The maximum atomic E-state index is 5.06. The van der Waals surface area contributed by atoms with Gasteiger partial charge < -0.3 is 9.84 Å². The molecule has 96 valence electrons. The molecule has 0 aliphatic heterocycles. The topological polar surface area (TPSA) is 38.1 Å². The van der Waals surface area contributed by atoms with Crippen molar-refractivity contribution in [1.82, 2.24) is 10.5 Å². The highest BCUT2D eigenvalue weighted by molar-refractivity contribution is 5.32. The minimum atomic E-state index is 0.307. The van der Waals surface area contributed by atoms with Crippen LogP contribution in [-0.2, 0) is 6.54 Å². The van der Waals surface area contributed by atoms with Gasteiger partial charge in [-0.05, 0) is 38.8 Å². The van der Waals surface area contributed by atoms with Gasteiger partial charge in [-0.15, -0.1) is 0 Å². The van der Waals surface area contributed by atoms with Crippen molar-refractivity contribution in [2.24, 2.45) is 0 Å². The second-order valence-electron chi connectivity index (χ2n) is 4.89. The molecule has 0 saturated heterocycles. The van der Waals surface area contributed by atoms with Crippen molar-refractivity contribution in [1.29, 1.82) is 0 Å². The van der Waals surface area contributed by atoms with E-state index in [-0.39, 0.29) is 0 Å². The number of hydrogen-bond donors (Lipinski definition) is 1. The number of nitrogens with zero attached hydrogens (tertiary/aromatic N) is 1. The average Bonchev–Trinajstić information content (AvgIpc) is 2.75. The quantitative estimate of drug-likeness (QED) is 0.895. The maximum absolute atomic E-state index is 5.06. The van der Waals surface area contributed by atoms with Crippen LogP contribution in [-0.4, -0.2) is 5.16 Å². The van der Waals surface area contributed by atoms with E-state index in [2.05, 4.69) is 49.4 Å². The summed E-state index contributed by atoms with van der Waals surface area (Å²) >= 11 is 0. The van der Waals surface area contributed by atoms with Gasteiger partial charge in [0.2, 0.25) is 0 Å². The number of rotatable bonds is 4. The van der Waals surface area contributed by atoms with Gasteiger partial charge in [0.1, 0.15) is 5.76 Å². The molecule has 1 aromatic carbocycles. The molecule has 0 aliphatic carbocycles. The van der Waals surface area contributed by atoms with Crippen LogP contribution >= 0.6 is 0 Å². The second-order valence-corrected chi connectivity index (χ2v) is 4.89. The Morgan fingerprint density at radius 3 is 2.67 bits per heavy atom. The van der Waals surface area contributed by atoms with E-state index in [1.165, 1.54) is 16.7 Å². The van der Waals surface area contributed by atoms with Gasteiger partial charge in [0.15, 0.2) is 0 Å². The van der Waals surface area contributed by atoms with Gasteiger partial charge >= 0.3 is 0 Å². The van der Waals surface area contributed by atoms with Crippen molar-refractivity contribution in [3.05, 3.63) is 52.4 Å². The van der Waals surface area contributed by atoms with Crippen molar-refractivity contribution < 1.29 is 4.52 Å². The van der Waals surface area contributed by atoms with E-state index in [1.54, 1.807) is 0 Å². The summed E-state index contributed by atoms with van der Waals surface area (Å²) in [6.07, 6.45) is 0. The lowest BCUT2D eigenvalue weighted by molar-refractivity contribution is 0.386. The van der Waals surface area contributed by atoms with Gasteiger partial charge in [-0.25, -0.2) is 0 Å². The summed E-state index contributed by atoms with van der Waals surface area (Å²) in [6.45, 7) is 9.08. The molecule has 0 spiro atoms. The van der Waals surface area contributed by atoms with Crippen LogP contribution in [0, 0.1) is 20.8 Å². The zero-order chi connectivity index (χ0) is 13.1. The van der Waals surface area contributed by atoms with E-state index in [1.807, 2.05) is 13.0 Å². The van der Waals surface area contributed by atoms with Crippen LogP contribution in [0.2, 0.25) is 0 Å². The Labute approximate surface area is 108 Å². The molecule has 1 N–H and O–H groups in total. The summed E-state index contributed by atoms with van der Waals surface area (Å²) in [5, 5.41) is 7.46. The minimum Gasteiger partial charge on any atom is -0.361 e. The van der Waals surface area contributed by atoms with E-state index in [0.29, 0.717) is 6.04 Å². The van der Waals surface area contributed by atoms with Crippen molar-refractivity contribution in [3.63, 3.8) is 0 Å². The van der Waals surface area contributed by atoms with Crippen LogP contribution in [0.4, 0.5) is 0 Å². The van der Waals surface area contributed by atoms with Gasteiger partial charge in [0.25, 0.3) is 0 Å². The Morgan fingerprint density at radius 1 is 1.22 bits per heavy atom. The van der Waals surface area contributed by atoms with E-state index >= 15 is 0 Å². The van der Waals surface area contributed by atoms with Crippen LogP contribution in [0.25, 0.3) is 0 Å². The van der Waals surface area contributed by atoms with E-state index in [4.69, 9.17) is 4.52 Å². The standard InChI is InChI=1S/C15H20N2O/c1-10-5-6-11(2)15(7-10)13(4)16-9-14-8-12(3)18-17-14/h5-8,13,16H,9H2,1-4H3. The van der Waals surface area contributed by atoms with E-state index < -0.39 is 0 Å². The molecule has 1 aromatic heterocycles. The molecule has 0 aliphatic rings. The summed E-state index contributed by atoms with van der Waals surface area (Å²) in [5.74, 6) is 0.853. The van der Waals surface area contributed by atoms with Crippen LogP contribution in [0.5, 0.6) is 0 Å². The Bertz CT molecular complexity index is 531. The summed E-state index contributed by atoms with van der Waals surface area (Å²) < 4.78 is 5.06. The summed E-state index contributed by atoms with van der Waals surface area (Å²) in [7, 11) is 0. The monoisotopic (exact) mass is 244 g/mol. The summed E-state index contributed by atoms with van der Waals surface area (Å²) in [4.78, 5) is 0. The highest BCUT2D eigenvalue weighted by Crippen LogP contribution is 2.19. The first-order valence-electron chi connectivity index (χ1n) is 6.29. The molecule has 1 atom stereocenters. The highest BCUT2D eigenvalue weighted by Gasteiger charge is 2.09. The largest absolute Gasteiger partial charge is 0.361 e. The first-order chi connectivity index (χ1) is 8.56. The third-order valence-electron chi connectivity index (χ3n) is 3.17. The molecular formula is C15H20N2O. The predicted octanol–water partition coefficient (Wildman–Crippen LogP) is 3.45. The fraction of sp³-hybridized carbons (Fsp3) is 0.400. The van der Waals surface area contributed by atoms with Gasteiger partial charge in [-0.1, -0.05) is 28.9 Å². The van der Waals surface area contributed by atoms with Crippen molar-refractivity contribution in [2.45, 2.75) is 40.3 Å².